The number of aliphatic hydroxyl groups excluding tert-OH is 1. The first-order valence-electron chi connectivity index (χ1n) is 6.60. The van der Waals surface area contributed by atoms with Gasteiger partial charge in [0.05, 0.1) is 6.10 Å². The van der Waals surface area contributed by atoms with Gasteiger partial charge >= 0.3 is 0 Å². The van der Waals surface area contributed by atoms with E-state index in [1.807, 2.05) is 36.4 Å². The van der Waals surface area contributed by atoms with Gasteiger partial charge in [-0.2, -0.15) is 0 Å². The lowest BCUT2D eigenvalue weighted by molar-refractivity contribution is 0.190. The maximum Gasteiger partial charge on any atom is 0.125 e. The van der Waals surface area contributed by atoms with Crippen molar-refractivity contribution in [3.8, 4) is 5.75 Å². The molecule has 0 radical (unpaired) electrons. The van der Waals surface area contributed by atoms with Gasteiger partial charge in [0.15, 0.2) is 0 Å². The van der Waals surface area contributed by atoms with Crippen LogP contribution in [0.2, 0.25) is 0 Å². The molecule has 0 fully saturated rings. The van der Waals surface area contributed by atoms with E-state index in [9.17, 15) is 5.11 Å². The Balaban J connectivity index is 1.83. The van der Waals surface area contributed by atoms with E-state index in [0.717, 1.165) is 11.3 Å². The van der Waals surface area contributed by atoms with Gasteiger partial charge in [-0.25, -0.2) is 0 Å². The summed E-state index contributed by atoms with van der Waals surface area (Å²) in [5, 5.41) is 13.1. The van der Waals surface area contributed by atoms with Gasteiger partial charge in [-0.3, -0.25) is 0 Å². The average Bonchev–Trinajstić information content (AvgIpc) is 2.88. The van der Waals surface area contributed by atoms with Gasteiger partial charge in [0, 0.05) is 15.8 Å². The smallest absolute Gasteiger partial charge is 0.125 e. The summed E-state index contributed by atoms with van der Waals surface area (Å²) in [6, 6.07) is 16.0. The first kappa shape index (κ1) is 13.2. The van der Waals surface area contributed by atoms with Crippen LogP contribution >= 0.6 is 11.3 Å². The molecular weight excluding hydrogens is 268 g/mol. The van der Waals surface area contributed by atoms with Gasteiger partial charge in [-0.05, 0) is 29.8 Å². The van der Waals surface area contributed by atoms with E-state index in [4.69, 9.17) is 4.74 Å². The zero-order valence-corrected chi connectivity index (χ0v) is 12.1. The molecule has 1 atom stereocenters. The van der Waals surface area contributed by atoms with Crippen LogP contribution in [-0.4, -0.2) is 5.11 Å². The molecule has 3 aromatic rings. The van der Waals surface area contributed by atoms with E-state index in [1.165, 1.54) is 15.6 Å². The van der Waals surface area contributed by atoms with Crippen LogP contribution in [0.4, 0.5) is 0 Å². The Bertz CT molecular complexity index is 716. The number of rotatable bonds is 4. The average molecular weight is 284 g/mol. The number of ether oxygens (including phenoxy) is 1. The van der Waals surface area contributed by atoms with Gasteiger partial charge in [0.25, 0.3) is 0 Å². The highest BCUT2D eigenvalue weighted by Crippen LogP contribution is 2.29. The van der Waals surface area contributed by atoms with Crippen molar-refractivity contribution in [3.63, 3.8) is 0 Å². The summed E-state index contributed by atoms with van der Waals surface area (Å²) in [7, 11) is 0. The van der Waals surface area contributed by atoms with E-state index in [0.29, 0.717) is 6.61 Å². The molecule has 0 saturated carbocycles. The van der Waals surface area contributed by atoms with Crippen LogP contribution in [-0.2, 0) is 6.61 Å². The van der Waals surface area contributed by atoms with E-state index < -0.39 is 6.10 Å². The third-order valence-corrected chi connectivity index (χ3v) is 4.33. The molecule has 0 aliphatic rings. The van der Waals surface area contributed by atoms with Crippen LogP contribution in [0.1, 0.15) is 24.2 Å². The third kappa shape index (κ3) is 2.55. The molecule has 20 heavy (non-hydrogen) atoms. The highest BCUT2D eigenvalue weighted by molar-refractivity contribution is 7.17. The van der Waals surface area contributed by atoms with Crippen LogP contribution in [0.25, 0.3) is 10.1 Å². The van der Waals surface area contributed by atoms with Crippen molar-refractivity contribution in [3.05, 3.63) is 65.0 Å². The summed E-state index contributed by atoms with van der Waals surface area (Å²) in [6.45, 7) is 2.27. The highest BCUT2D eigenvalue weighted by atomic mass is 32.1. The minimum atomic E-state index is -0.523. The first-order valence-corrected chi connectivity index (χ1v) is 7.48. The molecule has 102 valence electrons. The number of hydrogen-bond acceptors (Lipinski definition) is 3. The lowest BCUT2D eigenvalue weighted by Gasteiger charge is -2.12. The first-order chi connectivity index (χ1) is 9.75. The monoisotopic (exact) mass is 284 g/mol. The molecular formula is C17H16O2S. The molecule has 1 aromatic heterocycles. The molecule has 2 nitrogen and oxygen atoms in total. The number of thiophene rings is 1. The third-order valence-electron chi connectivity index (χ3n) is 3.31. The lowest BCUT2D eigenvalue weighted by atomic mass is 10.1. The predicted molar refractivity (Wildman–Crippen MR) is 83.2 cm³/mol. The Kier molecular flexibility index (Phi) is 3.72. The van der Waals surface area contributed by atoms with Gasteiger partial charge in [-0.15, -0.1) is 11.3 Å². The summed E-state index contributed by atoms with van der Waals surface area (Å²) >= 11 is 1.73. The molecule has 0 aliphatic carbocycles. The molecule has 0 saturated heterocycles. The van der Waals surface area contributed by atoms with Crippen molar-refractivity contribution in [1.29, 1.82) is 0 Å². The van der Waals surface area contributed by atoms with Crippen molar-refractivity contribution >= 4 is 21.4 Å². The number of hydrogen-bond donors (Lipinski definition) is 1. The van der Waals surface area contributed by atoms with Gasteiger partial charge in [0.2, 0.25) is 0 Å². The molecule has 2 aromatic carbocycles. The van der Waals surface area contributed by atoms with E-state index in [1.54, 1.807) is 18.3 Å². The van der Waals surface area contributed by atoms with Crippen molar-refractivity contribution < 1.29 is 9.84 Å². The maximum atomic E-state index is 9.76. The van der Waals surface area contributed by atoms with Crippen LogP contribution in [0.3, 0.4) is 0 Å². The summed E-state index contributed by atoms with van der Waals surface area (Å²) in [6.07, 6.45) is -0.523. The fourth-order valence-corrected chi connectivity index (χ4v) is 3.20. The normalized spacial score (nSPS) is 12.5. The highest BCUT2D eigenvalue weighted by Gasteiger charge is 2.09. The second-order valence-electron chi connectivity index (χ2n) is 4.76. The largest absolute Gasteiger partial charge is 0.488 e. The number of benzene rings is 2. The van der Waals surface area contributed by atoms with Crippen LogP contribution < -0.4 is 4.74 Å². The zero-order chi connectivity index (χ0) is 13.9. The molecule has 0 spiro atoms. The fourth-order valence-electron chi connectivity index (χ4n) is 2.26. The summed E-state index contributed by atoms with van der Waals surface area (Å²) in [5.74, 6) is 0.748. The molecule has 0 amide bonds. The summed E-state index contributed by atoms with van der Waals surface area (Å²) in [4.78, 5) is 0. The Morgan fingerprint density at radius 2 is 1.85 bits per heavy atom. The lowest BCUT2D eigenvalue weighted by Crippen LogP contribution is -2.00. The summed E-state index contributed by atoms with van der Waals surface area (Å²) in [5.41, 5.74) is 2.01. The minimum absolute atomic E-state index is 0.522. The van der Waals surface area contributed by atoms with Gasteiger partial charge < -0.3 is 9.84 Å². The minimum Gasteiger partial charge on any atom is -0.488 e. The second-order valence-corrected chi connectivity index (χ2v) is 5.67. The SMILES string of the molecule is C[C@@H](O)c1ccccc1OCc1csc2ccccc12. The zero-order valence-electron chi connectivity index (χ0n) is 11.2. The van der Waals surface area contributed by atoms with Crippen LogP contribution in [0.5, 0.6) is 5.75 Å². The predicted octanol–water partition coefficient (Wildman–Crippen LogP) is 4.53. The Hall–Kier alpha value is -1.84. The van der Waals surface area contributed by atoms with Crippen LogP contribution in [0.15, 0.2) is 53.9 Å². The molecule has 3 rings (SSSR count). The molecule has 0 unspecified atom stereocenters. The van der Waals surface area contributed by atoms with E-state index in [-0.39, 0.29) is 0 Å². The number of aliphatic hydroxyl groups is 1. The number of para-hydroxylation sites is 1. The molecule has 3 heteroatoms. The van der Waals surface area contributed by atoms with Crippen molar-refractivity contribution in [2.45, 2.75) is 19.6 Å². The number of fused-ring (bicyclic) bond motifs is 1. The fraction of sp³-hybridized carbons (Fsp3) is 0.176. The molecule has 1 heterocycles. The van der Waals surface area contributed by atoms with Crippen molar-refractivity contribution in [2.75, 3.05) is 0 Å². The Labute approximate surface area is 122 Å². The topological polar surface area (TPSA) is 29.5 Å². The molecule has 0 bridgehead atoms. The van der Waals surface area contributed by atoms with Crippen LogP contribution in [0, 0.1) is 0 Å². The maximum absolute atomic E-state index is 9.76. The van der Waals surface area contributed by atoms with Gasteiger partial charge in [0.1, 0.15) is 12.4 Å². The molecule has 0 aliphatic heterocycles. The Morgan fingerprint density at radius 1 is 1.10 bits per heavy atom. The second kappa shape index (κ2) is 5.65. The van der Waals surface area contributed by atoms with E-state index >= 15 is 0 Å². The summed E-state index contributed by atoms with van der Waals surface area (Å²) < 4.78 is 7.17. The Morgan fingerprint density at radius 3 is 2.70 bits per heavy atom. The van der Waals surface area contributed by atoms with E-state index in [2.05, 4.69) is 17.5 Å². The quantitative estimate of drug-likeness (QED) is 0.762. The standard InChI is InChI=1S/C17H16O2S/c1-12(18)14-6-2-4-8-16(14)19-10-13-11-20-17-9-5-3-7-15(13)17/h2-9,11-12,18H,10H2,1H3/t12-/m1/s1. The molecule has 1 N–H and O–H groups in total. The van der Waals surface area contributed by atoms with Crippen molar-refractivity contribution in [1.82, 2.24) is 0 Å². The van der Waals surface area contributed by atoms with Gasteiger partial charge in [-0.1, -0.05) is 36.4 Å². The van der Waals surface area contributed by atoms with Crippen molar-refractivity contribution in [2.24, 2.45) is 0 Å².